The Labute approximate surface area is 234 Å². The second-order valence-electron chi connectivity index (χ2n) is 8.72. The van der Waals surface area contributed by atoms with E-state index in [9.17, 15) is 18.0 Å². The van der Waals surface area contributed by atoms with E-state index in [4.69, 9.17) is 30.5 Å². The monoisotopic (exact) mass is 567 g/mol. The molecule has 0 bridgehead atoms. The number of carboxylic acid groups (broad SMARTS) is 1. The first-order valence-corrected chi connectivity index (χ1v) is 12.4. The van der Waals surface area contributed by atoms with Gasteiger partial charge in [-0.2, -0.15) is 13.2 Å². The van der Waals surface area contributed by atoms with Crippen molar-refractivity contribution in [2.75, 3.05) is 6.61 Å². The number of H-pyrrole nitrogens is 1. The average molecular weight is 568 g/mol. The van der Waals surface area contributed by atoms with Crippen LogP contribution in [0.4, 0.5) is 13.2 Å². The van der Waals surface area contributed by atoms with E-state index in [1.807, 2.05) is 79.0 Å². The lowest BCUT2D eigenvalue weighted by atomic mass is 9.98. The molecule has 0 aliphatic carbocycles. The average Bonchev–Trinajstić information content (AvgIpc) is 3.31. The number of hydrogen-bond donors (Lipinski definition) is 4. The minimum atomic E-state index is -5.08. The Balaban J connectivity index is 0.000000587. The summed E-state index contributed by atoms with van der Waals surface area (Å²) in [6.07, 6.45) is -2.19. The molecule has 5 N–H and O–H groups in total. The highest BCUT2D eigenvalue weighted by Crippen LogP contribution is 2.26. The van der Waals surface area contributed by atoms with E-state index in [0.717, 1.165) is 33.9 Å². The number of nitrogens with one attached hydrogen (secondary N) is 2. The largest absolute Gasteiger partial charge is 0.490 e. The van der Waals surface area contributed by atoms with Crippen molar-refractivity contribution in [1.82, 2.24) is 4.98 Å². The van der Waals surface area contributed by atoms with Crippen molar-refractivity contribution in [3.8, 4) is 11.5 Å². The predicted molar refractivity (Wildman–Crippen MR) is 146 cm³/mol. The number of carboxylic acids is 1. The van der Waals surface area contributed by atoms with Crippen LogP contribution in [0.3, 0.4) is 0 Å². The van der Waals surface area contributed by atoms with Gasteiger partial charge < -0.3 is 25.3 Å². The number of halogens is 3. The first-order valence-electron chi connectivity index (χ1n) is 12.4. The van der Waals surface area contributed by atoms with Gasteiger partial charge in [-0.1, -0.05) is 48.5 Å². The van der Waals surface area contributed by atoms with Gasteiger partial charge in [0.2, 0.25) is 0 Å². The maximum Gasteiger partial charge on any atom is 0.490 e. The standard InChI is InChI=1S/C28H27N3O3.C2HF3O2/c1-2-33-28(32)26-22(15-19-8-6-10-21(14-19)27(29)30)18-31-25(26)17-20-9-7-13-24(16-20)34-23-11-4-3-5-12-23;3-2(4,5)1(6)7/h3-14,16,18,31H,2,15,17H2,1H3,(H3,29,30);(H,6,7). The summed E-state index contributed by atoms with van der Waals surface area (Å²) in [5.41, 5.74) is 10.4. The molecule has 11 heteroatoms. The Kier molecular flexibility index (Phi) is 10.3. The van der Waals surface area contributed by atoms with Gasteiger partial charge in [0.15, 0.2) is 0 Å². The second-order valence-corrected chi connectivity index (χ2v) is 8.72. The normalized spacial score (nSPS) is 10.7. The zero-order valence-electron chi connectivity index (χ0n) is 22.0. The fourth-order valence-electron chi connectivity index (χ4n) is 3.87. The molecule has 0 aliphatic heterocycles. The van der Waals surface area contributed by atoms with Crippen LogP contribution in [0.2, 0.25) is 0 Å². The molecule has 8 nitrogen and oxygen atoms in total. The fraction of sp³-hybridized carbons (Fsp3) is 0.167. The topological polar surface area (TPSA) is 138 Å². The number of aromatic amines is 1. The molecule has 0 saturated heterocycles. The molecule has 0 amide bonds. The van der Waals surface area contributed by atoms with Crippen molar-refractivity contribution in [2.24, 2.45) is 5.73 Å². The summed E-state index contributed by atoms with van der Waals surface area (Å²) in [5, 5.41) is 14.8. The molecule has 0 saturated carbocycles. The van der Waals surface area contributed by atoms with Crippen molar-refractivity contribution in [3.63, 3.8) is 0 Å². The summed E-state index contributed by atoms with van der Waals surface area (Å²) in [7, 11) is 0. The van der Waals surface area contributed by atoms with Gasteiger partial charge in [-0.3, -0.25) is 5.41 Å². The molecule has 0 unspecified atom stereocenters. The van der Waals surface area contributed by atoms with Crippen LogP contribution >= 0.6 is 0 Å². The zero-order valence-corrected chi connectivity index (χ0v) is 22.0. The Morgan fingerprint density at radius 3 is 2.15 bits per heavy atom. The van der Waals surface area contributed by atoms with Crippen LogP contribution in [0.25, 0.3) is 0 Å². The van der Waals surface area contributed by atoms with Gasteiger partial charge >= 0.3 is 18.1 Å². The van der Waals surface area contributed by atoms with E-state index in [2.05, 4.69) is 4.98 Å². The minimum Gasteiger partial charge on any atom is -0.475 e. The number of nitrogens with two attached hydrogens (primary N) is 1. The third-order valence-electron chi connectivity index (χ3n) is 5.66. The van der Waals surface area contributed by atoms with Crippen LogP contribution in [0.15, 0.2) is 85.1 Å². The van der Waals surface area contributed by atoms with Gasteiger partial charge in [0.25, 0.3) is 0 Å². The number of alkyl halides is 3. The third kappa shape index (κ3) is 8.99. The number of hydrogen-bond acceptors (Lipinski definition) is 5. The van der Waals surface area contributed by atoms with Crippen LogP contribution in [0.1, 0.15) is 45.2 Å². The number of ether oxygens (including phenoxy) is 2. The van der Waals surface area contributed by atoms with E-state index < -0.39 is 12.1 Å². The number of rotatable bonds is 9. The number of carbonyl (C=O) groups is 2. The van der Waals surface area contributed by atoms with Gasteiger partial charge in [-0.25, -0.2) is 9.59 Å². The molecular formula is C30H28F3N3O5. The molecule has 0 fully saturated rings. The molecular weight excluding hydrogens is 539 g/mol. The maximum absolute atomic E-state index is 12.9. The fourth-order valence-corrected chi connectivity index (χ4v) is 3.87. The Hall–Kier alpha value is -5.06. The molecule has 0 radical (unpaired) electrons. The van der Waals surface area contributed by atoms with Crippen LogP contribution in [0.5, 0.6) is 11.5 Å². The number of benzene rings is 3. The quantitative estimate of drug-likeness (QED) is 0.110. The molecule has 0 spiro atoms. The molecule has 41 heavy (non-hydrogen) atoms. The van der Waals surface area contributed by atoms with Gasteiger partial charge in [0.1, 0.15) is 17.3 Å². The minimum absolute atomic E-state index is 0.0137. The van der Waals surface area contributed by atoms with Gasteiger partial charge in [0, 0.05) is 23.9 Å². The molecule has 0 atom stereocenters. The second kappa shape index (κ2) is 13.8. The Morgan fingerprint density at radius 1 is 0.927 bits per heavy atom. The van der Waals surface area contributed by atoms with E-state index in [0.29, 0.717) is 30.6 Å². The highest BCUT2D eigenvalue weighted by Gasteiger charge is 2.38. The summed E-state index contributed by atoms with van der Waals surface area (Å²) in [6.45, 7) is 2.09. The SMILES string of the molecule is CCOC(=O)c1c(Cc2cccc(C(=N)N)c2)c[nH]c1Cc1cccc(Oc2ccccc2)c1.O=C(O)C(F)(F)F. The van der Waals surface area contributed by atoms with E-state index in [1.165, 1.54) is 0 Å². The lowest BCUT2D eigenvalue weighted by molar-refractivity contribution is -0.192. The molecule has 1 heterocycles. The summed E-state index contributed by atoms with van der Waals surface area (Å²) < 4.78 is 43.1. The number of esters is 1. The van der Waals surface area contributed by atoms with Gasteiger partial charge in [-0.05, 0) is 60.4 Å². The third-order valence-corrected chi connectivity index (χ3v) is 5.66. The number of amidine groups is 1. The van der Waals surface area contributed by atoms with Crippen molar-refractivity contribution in [2.45, 2.75) is 25.9 Å². The van der Waals surface area contributed by atoms with Crippen molar-refractivity contribution in [1.29, 1.82) is 5.41 Å². The van der Waals surface area contributed by atoms with E-state index >= 15 is 0 Å². The first-order chi connectivity index (χ1) is 19.5. The summed E-state index contributed by atoms with van der Waals surface area (Å²) in [6, 6.07) is 24.9. The van der Waals surface area contributed by atoms with Crippen LogP contribution in [0, 0.1) is 5.41 Å². The smallest absolute Gasteiger partial charge is 0.475 e. The van der Waals surface area contributed by atoms with Crippen LogP contribution in [-0.2, 0) is 22.4 Å². The number of nitrogen functional groups attached to an aromatic ring is 1. The highest BCUT2D eigenvalue weighted by atomic mass is 19.4. The molecule has 4 rings (SSSR count). The maximum atomic E-state index is 12.9. The van der Waals surface area contributed by atoms with Crippen LogP contribution < -0.4 is 10.5 Å². The van der Waals surface area contributed by atoms with Crippen molar-refractivity contribution in [3.05, 3.63) is 119 Å². The first kappa shape index (κ1) is 30.5. The lowest BCUT2D eigenvalue weighted by Gasteiger charge is -2.10. The lowest BCUT2D eigenvalue weighted by Crippen LogP contribution is -2.21. The highest BCUT2D eigenvalue weighted by molar-refractivity contribution is 5.95. The zero-order chi connectivity index (χ0) is 30.0. The number of aliphatic carboxylic acids is 1. The molecule has 214 valence electrons. The Bertz CT molecular complexity index is 1500. The van der Waals surface area contributed by atoms with Gasteiger partial charge in [0.05, 0.1) is 12.2 Å². The van der Waals surface area contributed by atoms with E-state index in [-0.39, 0.29) is 11.8 Å². The molecule has 3 aromatic carbocycles. The number of carbonyl (C=O) groups excluding carboxylic acids is 1. The number of aromatic nitrogens is 1. The van der Waals surface area contributed by atoms with Crippen molar-refractivity contribution >= 4 is 17.8 Å². The molecule has 0 aliphatic rings. The summed E-state index contributed by atoms with van der Waals surface area (Å²) in [5.74, 6) is -1.60. The van der Waals surface area contributed by atoms with Crippen molar-refractivity contribution < 1.29 is 37.3 Å². The number of para-hydroxylation sites is 1. The Morgan fingerprint density at radius 2 is 1.54 bits per heavy atom. The molecule has 1 aromatic heterocycles. The molecule has 4 aromatic rings. The predicted octanol–water partition coefficient (Wildman–Crippen LogP) is 6.08. The van der Waals surface area contributed by atoms with Crippen LogP contribution in [-0.4, -0.2) is 40.6 Å². The summed E-state index contributed by atoms with van der Waals surface area (Å²) in [4.78, 5) is 25.1. The summed E-state index contributed by atoms with van der Waals surface area (Å²) >= 11 is 0. The van der Waals surface area contributed by atoms with E-state index in [1.54, 1.807) is 13.0 Å². The van der Waals surface area contributed by atoms with Gasteiger partial charge in [-0.15, -0.1) is 0 Å².